The minimum Gasteiger partial charge on any atom is -0.370 e. The number of carbonyl (C=O) groups excluding carboxylic acids is 1. The fraction of sp³-hybridized carbons (Fsp3) is 0.667. The van der Waals surface area contributed by atoms with Crippen LogP contribution in [0.25, 0.3) is 0 Å². The Kier molecular flexibility index (Phi) is 6.17. The number of hydrogen-bond donors (Lipinski definition) is 1. The van der Waals surface area contributed by atoms with Crippen LogP contribution in [-0.2, 0) is 4.79 Å². The number of guanidine groups is 1. The molecule has 0 amide bonds. The molecule has 1 saturated heterocycles. The van der Waals surface area contributed by atoms with Crippen molar-refractivity contribution >= 4 is 11.7 Å². The maximum atomic E-state index is 12.3. The Morgan fingerprint density at radius 3 is 2.00 bits per heavy atom. The molecule has 0 saturated carbocycles. The molecule has 0 aromatic carbocycles. The molecule has 1 heterocycles. The van der Waals surface area contributed by atoms with Gasteiger partial charge in [0.25, 0.3) is 0 Å². The SMILES string of the molecule is C=C/C(=C\N=C(/N)N1CCN(C(C)(C)C)CC1)C(=O)C(C)(C)C. The van der Waals surface area contributed by atoms with Crippen LogP contribution >= 0.6 is 0 Å². The van der Waals surface area contributed by atoms with Gasteiger partial charge in [-0.3, -0.25) is 9.69 Å². The van der Waals surface area contributed by atoms with Crippen molar-refractivity contribution in [2.24, 2.45) is 16.1 Å². The Hall–Kier alpha value is -1.62. The maximum absolute atomic E-state index is 12.3. The summed E-state index contributed by atoms with van der Waals surface area (Å²) in [4.78, 5) is 21.0. The molecule has 1 fully saturated rings. The van der Waals surface area contributed by atoms with Crippen LogP contribution in [0.5, 0.6) is 0 Å². The lowest BCUT2D eigenvalue weighted by atomic mass is 9.86. The van der Waals surface area contributed by atoms with Crippen LogP contribution in [0.1, 0.15) is 41.5 Å². The van der Waals surface area contributed by atoms with Crippen LogP contribution in [0.4, 0.5) is 0 Å². The maximum Gasteiger partial charge on any atom is 0.196 e. The third kappa shape index (κ3) is 5.50. The van der Waals surface area contributed by atoms with Gasteiger partial charge in [-0.15, -0.1) is 0 Å². The third-order valence-corrected chi connectivity index (χ3v) is 4.05. The quantitative estimate of drug-likeness (QED) is 0.375. The summed E-state index contributed by atoms with van der Waals surface area (Å²) in [5, 5.41) is 0. The van der Waals surface area contributed by atoms with Crippen LogP contribution in [0.15, 0.2) is 29.4 Å². The topological polar surface area (TPSA) is 61.9 Å². The Labute approximate surface area is 140 Å². The predicted octanol–water partition coefficient (Wildman–Crippen LogP) is 2.40. The van der Waals surface area contributed by atoms with Gasteiger partial charge in [-0.25, -0.2) is 4.99 Å². The molecule has 1 aliphatic heterocycles. The lowest BCUT2D eigenvalue weighted by Gasteiger charge is -2.42. The van der Waals surface area contributed by atoms with E-state index in [2.05, 4.69) is 42.1 Å². The van der Waals surface area contributed by atoms with Crippen LogP contribution in [0.2, 0.25) is 0 Å². The Morgan fingerprint density at radius 2 is 1.61 bits per heavy atom. The number of ketones is 1. The van der Waals surface area contributed by atoms with Gasteiger partial charge in [0.2, 0.25) is 0 Å². The lowest BCUT2D eigenvalue weighted by molar-refractivity contribution is -0.122. The smallest absolute Gasteiger partial charge is 0.196 e. The zero-order valence-corrected chi connectivity index (χ0v) is 15.5. The highest BCUT2D eigenvalue weighted by Crippen LogP contribution is 2.20. The average Bonchev–Trinajstić information content (AvgIpc) is 2.45. The van der Waals surface area contributed by atoms with Gasteiger partial charge in [0.15, 0.2) is 11.7 Å². The van der Waals surface area contributed by atoms with E-state index in [0.29, 0.717) is 11.5 Å². The molecule has 5 nitrogen and oxygen atoms in total. The van der Waals surface area contributed by atoms with Crippen LogP contribution < -0.4 is 5.73 Å². The normalized spacial score (nSPS) is 19.0. The van der Waals surface area contributed by atoms with Crippen molar-refractivity contribution in [3.8, 4) is 0 Å². The van der Waals surface area contributed by atoms with Crippen molar-refractivity contribution in [2.75, 3.05) is 26.2 Å². The molecule has 0 atom stereocenters. The number of nitrogens with two attached hydrogens (primary N) is 1. The van der Waals surface area contributed by atoms with Gasteiger partial charge in [0.05, 0.1) is 0 Å². The molecule has 0 spiro atoms. The van der Waals surface area contributed by atoms with E-state index in [1.54, 1.807) is 6.08 Å². The van der Waals surface area contributed by atoms with E-state index in [9.17, 15) is 4.79 Å². The minimum absolute atomic E-state index is 0.0154. The highest BCUT2D eigenvalue weighted by molar-refractivity contribution is 6.01. The summed E-state index contributed by atoms with van der Waals surface area (Å²) < 4.78 is 0. The molecule has 5 heteroatoms. The molecular weight excluding hydrogens is 288 g/mol. The first-order chi connectivity index (χ1) is 10.5. The first-order valence-electron chi connectivity index (χ1n) is 8.17. The second-order valence-corrected chi connectivity index (χ2v) is 8.00. The highest BCUT2D eigenvalue weighted by atomic mass is 16.1. The molecule has 130 valence electrons. The average molecular weight is 320 g/mol. The number of allylic oxidation sites excluding steroid dienone is 2. The van der Waals surface area contributed by atoms with Crippen molar-refractivity contribution < 1.29 is 4.79 Å². The number of piperazine rings is 1. The van der Waals surface area contributed by atoms with E-state index >= 15 is 0 Å². The first kappa shape index (κ1) is 19.4. The molecular formula is C18H32N4O. The second kappa shape index (κ2) is 7.30. The van der Waals surface area contributed by atoms with Gasteiger partial charge >= 0.3 is 0 Å². The van der Waals surface area contributed by atoms with Crippen LogP contribution in [0, 0.1) is 5.41 Å². The fourth-order valence-corrected chi connectivity index (χ4v) is 2.46. The van der Waals surface area contributed by atoms with Gasteiger partial charge in [0, 0.05) is 48.9 Å². The van der Waals surface area contributed by atoms with Gasteiger partial charge in [0.1, 0.15) is 0 Å². The largest absolute Gasteiger partial charge is 0.370 e. The Balaban J connectivity index is 2.76. The van der Waals surface area contributed by atoms with Crippen molar-refractivity contribution in [3.63, 3.8) is 0 Å². The number of aliphatic imine (C=N–C) groups is 1. The summed E-state index contributed by atoms with van der Waals surface area (Å²) in [6.45, 7) is 19.6. The molecule has 2 N–H and O–H groups in total. The Bertz CT molecular complexity index is 498. The van der Waals surface area contributed by atoms with Gasteiger partial charge < -0.3 is 10.6 Å². The van der Waals surface area contributed by atoms with Crippen LogP contribution in [-0.4, -0.2) is 53.3 Å². The number of carbonyl (C=O) groups is 1. The zero-order chi connectivity index (χ0) is 17.8. The summed E-state index contributed by atoms with van der Waals surface area (Å²) in [7, 11) is 0. The summed E-state index contributed by atoms with van der Waals surface area (Å²) in [5.41, 5.74) is 6.29. The highest BCUT2D eigenvalue weighted by Gasteiger charge is 2.26. The molecule has 0 radical (unpaired) electrons. The molecule has 0 unspecified atom stereocenters. The molecule has 1 rings (SSSR count). The number of nitrogens with zero attached hydrogens (tertiary/aromatic N) is 3. The number of hydrogen-bond acceptors (Lipinski definition) is 3. The summed E-state index contributed by atoms with van der Waals surface area (Å²) in [5.74, 6) is 0.473. The summed E-state index contributed by atoms with van der Waals surface area (Å²) in [6, 6.07) is 0. The van der Waals surface area contributed by atoms with Crippen molar-refractivity contribution in [1.29, 1.82) is 0 Å². The van der Waals surface area contributed by atoms with E-state index in [1.165, 1.54) is 6.20 Å². The standard InChI is InChI=1S/C18H32N4O/c1-8-14(15(23)17(2,3)4)13-20-16(19)21-9-11-22(12-10-21)18(5,6)7/h8,13H,1,9-12H2,2-7H3,(H2,19,20)/b14-13+. The molecule has 23 heavy (non-hydrogen) atoms. The van der Waals surface area contributed by atoms with Gasteiger partial charge in [-0.1, -0.05) is 33.4 Å². The molecule has 0 aromatic rings. The van der Waals surface area contributed by atoms with E-state index in [1.807, 2.05) is 20.8 Å². The van der Waals surface area contributed by atoms with Crippen LogP contribution in [0.3, 0.4) is 0 Å². The molecule has 0 aromatic heterocycles. The summed E-state index contributed by atoms with van der Waals surface area (Å²) in [6.07, 6.45) is 3.08. The monoisotopic (exact) mass is 320 g/mol. The van der Waals surface area contributed by atoms with Crippen molar-refractivity contribution in [2.45, 2.75) is 47.1 Å². The van der Waals surface area contributed by atoms with E-state index < -0.39 is 5.41 Å². The Morgan fingerprint density at radius 1 is 1.09 bits per heavy atom. The fourth-order valence-electron chi connectivity index (χ4n) is 2.46. The third-order valence-electron chi connectivity index (χ3n) is 4.05. The molecule has 0 aliphatic carbocycles. The van der Waals surface area contributed by atoms with Gasteiger partial charge in [-0.2, -0.15) is 0 Å². The number of rotatable bonds is 3. The van der Waals surface area contributed by atoms with Crippen molar-refractivity contribution in [3.05, 3.63) is 24.4 Å². The predicted molar refractivity (Wildman–Crippen MR) is 97.3 cm³/mol. The lowest BCUT2D eigenvalue weighted by Crippen LogP contribution is -2.56. The molecule has 1 aliphatic rings. The zero-order valence-electron chi connectivity index (χ0n) is 15.5. The van der Waals surface area contributed by atoms with E-state index in [-0.39, 0.29) is 11.3 Å². The van der Waals surface area contributed by atoms with E-state index in [0.717, 1.165) is 26.2 Å². The first-order valence-corrected chi connectivity index (χ1v) is 8.17. The minimum atomic E-state index is -0.456. The van der Waals surface area contributed by atoms with E-state index in [4.69, 9.17) is 5.73 Å². The summed E-state index contributed by atoms with van der Waals surface area (Å²) >= 11 is 0. The number of Topliss-reactive ketones (excluding diaryl/α,β-unsaturated/α-hetero) is 1. The molecule has 0 bridgehead atoms. The second-order valence-electron chi connectivity index (χ2n) is 8.00. The van der Waals surface area contributed by atoms with Gasteiger partial charge in [-0.05, 0) is 20.8 Å². The van der Waals surface area contributed by atoms with Crippen molar-refractivity contribution in [1.82, 2.24) is 9.80 Å².